The zero-order valence-corrected chi connectivity index (χ0v) is 21.5. The Morgan fingerprint density at radius 3 is 2.11 bits per heavy atom. The second kappa shape index (κ2) is 12.4. The van der Waals surface area contributed by atoms with Crippen LogP contribution in [-0.4, -0.2) is 36.8 Å². The first-order valence-electron chi connectivity index (χ1n) is 10.4. The lowest BCUT2D eigenvalue weighted by Crippen LogP contribution is -2.47. The van der Waals surface area contributed by atoms with E-state index < -0.39 is 54.1 Å². The molecule has 2 atom stereocenters. The van der Waals surface area contributed by atoms with Crippen LogP contribution < -0.4 is 10.6 Å². The summed E-state index contributed by atoms with van der Waals surface area (Å²) in [7, 11) is 0. The molecule has 2 unspecified atom stereocenters. The lowest BCUT2D eigenvalue weighted by Gasteiger charge is -2.19. The summed E-state index contributed by atoms with van der Waals surface area (Å²) in [5.74, 6) is -5.78. The van der Waals surface area contributed by atoms with E-state index in [0.717, 1.165) is 43.3 Å². The molecule has 2 amide bonds. The van der Waals surface area contributed by atoms with Crippen LogP contribution in [0.25, 0.3) is 11.9 Å². The van der Waals surface area contributed by atoms with Crippen LogP contribution in [0.5, 0.6) is 0 Å². The maximum absolute atomic E-state index is 15.0. The number of alkyl halides is 6. The van der Waals surface area contributed by atoms with Gasteiger partial charge in [0.05, 0.1) is 15.1 Å². The molecule has 0 spiro atoms. The van der Waals surface area contributed by atoms with Crippen LogP contribution in [0.3, 0.4) is 0 Å². The maximum atomic E-state index is 15.0. The highest BCUT2D eigenvalue weighted by Gasteiger charge is 2.40. The second-order valence-corrected chi connectivity index (χ2v) is 9.06. The third kappa shape index (κ3) is 8.37. The van der Waals surface area contributed by atoms with Crippen molar-refractivity contribution in [3.05, 3.63) is 80.3 Å². The van der Waals surface area contributed by atoms with Gasteiger partial charge in [0.1, 0.15) is 24.3 Å². The Labute approximate surface area is 227 Å². The molecule has 0 saturated heterocycles. The third-order valence-corrected chi connectivity index (χ3v) is 6.22. The fourth-order valence-corrected chi connectivity index (χ4v) is 3.76. The Morgan fingerprint density at radius 1 is 1.03 bits per heavy atom. The predicted molar refractivity (Wildman–Crippen MR) is 132 cm³/mol. The summed E-state index contributed by atoms with van der Waals surface area (Å²) in [6.45, 7) is 3.01. The van der Waals surface area contributed by atoms with Crippen LogP contribution in [0.15, 0.2) is 43.0 Å². The predicted octanol–water partition coefficient (Wildman–Crippen LogP) is 7.74. The van der Waals surface area contributed by atoms with Gasteiger partial charge in [-0.2, -0.15) is 26.3 Å². The Balaban J connectivity index is 2.34. The minimum absolute atomic E-state index is 0.0207. The van der Waals surface area contributed by atoms with Crippen molar-refractivity contribution in [3.8, 4) is 0 Å². The molecule has 0 fully saturated rings. The van der Waals surface area contributed by atoms with Gasteiger partial charge in [0, 0.05) is 11.1 Å². The first-order chi connectivity index (χ1) is 17.4. The van der Waals surface area contributed by atoms with Crippen molar-refractivity contribution in [2.45, 2.75) is 31.2 Å². The minimum Gasteiger partial charge on any atom is -0.345 e. The molecule has 0 bridgehead atoms. The molecule has 2 N–H and O–H groups in total. The van der Waals surface area contributed by atoms with Gasteiger partial charge in [-0.05, 0) is 48.4 Å². The van der Waals surface area contributed by atoms with E-state index in [9.17, 15) is 35.9 Å². The van der Waals surface area contributed by atoms with E-state index in [2.05, 4.69) is 11.9 Å². The summed E-state index contributed by atoms with van der Waals surface area (Å²) in [6.07, 6.45) is -8.19. The smallest absolute Gasteiger partial charge is 0.345 e. The number of carbonyl (C=O) groups excluding carboxylic acids is 2. The van der Waals surface area contributed by atoms with Gasteiger partial charge in [0.15, 0.2) is 0 Å². The maximum Gasteiger partial charge on any atom is 0.405 e. The quantitative estimate of drug-likeness (QED) is 0.239. The van der Waals surface area contributed by atoms with Gasteiger partial charge in [0.25, 0.3) is 5.91 Å². The van der Waals surface area contributed by atoms with Gasteiger partial charge in [0.2, 0.25) is 5.91 Å². The average Bonchev–Trinajstić information content (AvgIpc) is 2.82. The van der Waals surface area contributed by atoms with Gasteiger partial charge in [-0.3, -0.25) is 9.59 Å². The molecule has 2 aromatic carbocycles. The summed E-state index contributed by atoms with van der Waals surface area (Å²) in [4.78, 5) is 24.4. The molecule has 0 aliphatic heterocycles. The molecule has 206 valence electrons. The number of benzene rings is 2. The topological polar surface area (TPSA) is 58.2 Å². The van der Waals surface area contributed by atoms with E-state index in [-0.39, 0.29) is 31.8 Å². The van der Waals surface area contributed by atoms with Crippen LogP contribution >= 0.6 is 34.8 Å². The van der Waals surface area contributed by atoms with Gasteiger partial charge in [-0.15, -0.1) is 0 Å². The Hall–Kier alpha value is -2.76. The number of rotatable bonds is 8. The molecular weight excluding hydrogens is 588 g/mol. The fourth-order valence-electron chi connectivity index (χ4n) is 3.14. The highest BCUT2D eigenvalue weighted by atomic mass is 35.5. The van der Waals surface area contributed by atoms with Crippen LogP contribution in [0.2, 0.25) is 15.1 Å². The van der Waals surface area contributed by atoms with Crippen LogP contribution in [0, 0.1) is 0 Å². The fraction of sp³-hybridized carbons (Fsp3) is 0.250. The largest absolute Gasteiger partial charge is 0.405 e. The Morgan fingerprint density at radius 2 is 1.61 bits per heavy atom. The number of carbonyl (C=O) groups is 2. The molecule has 14 heteroatoms. The number of hydrogen-bond acceptors (Lipinski definition) is 2. The highest BCUT2D eigenvalue weighted by molar-refractivity contribution is 6.48. The lowest BCUT2D eigenvalue weighted by atomic mass is 9.95. The number of hydrogen-bond donors (Lipinski definition) is 2. The van der Waals surface area contributed by atoms with Crippen LogP contribution in [0.1, 0.15) is 39.9 Å². The van der Waals surface area contributed by atoms with Crippen molar-refractivity contribution in [1.82, 2.24) is 10.6 Å². The molecule has 0 aliphatic carbocycles. The van der Waals surface area contributed by atoms with Gasteiger partial charge >= 0.3 is 12.4 Å². The van der Waals surface area contributed by atoms with E-state index in [0.29, 0.717) is 6.08 Å². The van der Waals surface area contributed by atoms with E-state index in [1.54, 1.807) is 5.32 Å². The molecule has 38 heavy (non-hydrogen) atoms. The number of amides is 2. The molecule has 0 radical (unpaired) electrons. The number of nitrogens with one attached hydrogen (secondary N) is 2. The molecule has 0 aliphatic rings. The van der Waals surface area contributed by atoms with Crippen LogP contribution in [0.4, 0.5) is 30.7 Å². The molecule has 2 rings (SSSR count). The summed E-state index contributed by atoms with van der Waals surface area (Å²) in [5.41, 5.74) is -0.985. The van der Waals surface area contributed by atoms with Crippen molar-refractivity contribution in [2.75, 3.05) is 6.54 Å². The van der Waals surface area contributed by atoms with E-state index in [1.807, 2.05) is 0 Å². The van der Waals surface area contributed by atoms with Gasteiger partial charge in [-0.1, -0.05) is 53.5 Å². The summed E-state index contributed by atoms with van der Waals surface area (Å²) in [5, 5.41) is 3.11. The van der Waals surface area contributed by atoms with E-state index >= 15 is 4.39 Å². The van der Waals surface area contributed by atoms with Crippen molar-refractivity contribution < 1.29 is 40.3 Å². The second-order valence-electron chi connectivity index (χ2n) is 7.87. The molecular formula is C24H18Cl3F7N2O2. The van der Waals surface area contributed by atoms with Crippen molar-refractivity contribution in [1.29, 1.82) is 0 Å². The van der Waals surface area contributed by atoms with E-state index in [4.69, 9.17) is 34.8 Å². The summed E-state index contributed by atoms with van der Waals surface area (Å²) in [6, 6.07) is 3.56. The van der Waals surface area contributed by atoms with Crippen molar-refractivity contribution in [2.24, 2.45) is 0 Å². The van der Waals surface area contributed by atoms with E-state index in [1.165, 1.54) is 0 Å². The van der Waals surface area contributed by atoms with Crippen LogP contribution in [-0.2, 0) is 4.79 Å². The molecule has 2 aromatic rings. The molecule has 0 saturated carbocycles. The summed E-state index contributed by atoms with van der Waals surface area (Å²) < 4.78 is 93.2. The zero-order chi connectivity index (χ0) is 29.0. The Bertz CT molecular complexity index is 1240. The Kier molecular flexibility index (Phi) is 10.3. The molecule has 4 nitrogen and oxygen atoms in total. The van der Waals surface area contributed by atoms with Crippen molar-refractivity contribution in [3.63, 3.8) is 0 Å². The SMILES string of the molecule is C=Cc1cc(/C(F)=C/C(c2cc(Cl)c(Cl)c(Cl)c2)C(F)(F)F)ccc1C(=O)NC(C)C(=O)NCC(F)(F)F. The van der Waals surface area contributed by atoms with Gasteiger partial charge < -0.3 is 10.6 Å². The third-order valence-electron chi connectivity index (χ3n) is 5.03. The highest BCUT2D eigenvalue weighted by Crippen LogP contribution is 2.42. The summed E-state index contributed by atoms with van der Waals surface area (Å²) >= 11 is 17.4. The lowest BCUT2D eigenvalue weighted by molar-refractivity contribution is -0.139. The minimum atomic E-state index is -4.94. The monoisotopic (exact) mass is 604 g/mol. The first-order valence-corrected chi connectivity index (χ1v) is 11.6. The number of halogens is 10. The average molecular weight is 606 g/mol. The van der Waals surface area contributed by atoms with Crippen molar-refractivity contribution >= 4 is 58.5 Å². The molecule has 0 aromatic heterocycles. The molecule has 0 heterocycles. The number of allylic oxidation sites excluding steroid dienone is 1. The first kappa shape index (κ1) is 31.5. The zero-order valence-electron chi connectivity index (χ0n) is 19.2. The standard InChI is InChI=1S/C24H18Cl3F7N2O2/c1-3-12-6-13(4-5-15(12)22(38)36-11(2)21(37)35-10-23(29,30)31)19(28)9-16(24(32,33)34)14-7-17(25)20(27)18(26)8-14/h3-9,11,16H,1,10H2,2H3,(H,35,37)(H,36,38)/b19-9-. The normalized spacial score (nSPS) is 14.0. The van der Waals surface area contributed by atoms with Gasteiger partial charge in [-0.25, -0.2) is 4.39 Å².